The van der Waals surface area contributed by atoms with Gasteiger partial charge in [-0.05, 0) is 6.08 Å². The minimum atomic E-state index is -1.16. The second kappa shape index (κ2) is 4.21. The van der Waals surface area contributed by atoms with E-state index in [0.29, 0.717) is 0 Å². The maximum Gasteiger partial charge on any atom is 0.355 e. The normalized spacial score (nSPS) is 22.6. The number of esters is 1. The van der Waals surface area contributed by atoms with Gasteiger partial charge in [0, 0.05) is 6.92 Å². The lowest BCUT2D eigenvalue weighted by atomic mass is 10.2. The van der Waals surface area contributed by atoms with Crippen LogP contribution in [-0.2, 0) is 14.3 Å². The Morgan fingerprint density at radius 2 is 2.43 bits per heavy atom. The van der Waals surface area contributed by atoms with Crippen molar-refractivity contribution in [3.63, 3.8) is 0 Å². The van der Waals surface area contributed by atoms with Crippen molar-refractivity contribution in [1.82, 2.24) is 5.32 Å². The fourth-order valence-corrected chi connectivity index (χ4v) is 1.03. The minimum Gasteiger partial charge on any atom is -0.450 e. The highest BCUT2D eigenvalue weighted by Crippen LogP contribution is 2.14. The maximum atomic E-state index is 11.0. The number of cyclic esters (lactones) is 1. The first kappa shape index (κ1) is 10.7. The van der Waals surface area contributed by atoms with Gasteiger partial charge in [-0.15, -0.1) is 0 Å². The van der Waals surface area contributed by atoms with Gasteiger partial charge < -0.3 is 20.3 Å². The number of aliphatic hydroxyl groups is 2. The fourth-order valence-electron chi connectivity index (χ4n) is 1.03. The number of carbonyl (C=O) groups excluding carboxylic acids is 2. The molecule has 0 aromatic carbocycles. The van der Waals surface area contributed by atoms with E-state index in [9.17, 15) is 9.59 Å². The molecular weight excluding hydrogens is 190 g/mol. The number of ether oxygens (including phenoxy) is 1. The second-order valence-electron chi connectivity index (χ2n) is 2.88. The third-order valence-corrected chi connectivity index (χ3v) is 1.67. The van der Waals surface area contributed by atoms with Gasteiger partial charge in [0.1, 0.15) is 11.8 Å². The summed E-state index contributed by atoms with van der Waals surface area (Å²) in [4.78, 5) is 21.7. The van der Waals surface area contributed by atoms with Gasteiger partial charge in [-0.25, -0.2) is 4.79 Å². The molecule has 14 heavy (non-hydrogen) atoms. The smallest absolute Gasteiger partial charge is 0.355 e. The molecule has 1 heterocycles. The van der Waals surface area contributed by atoms with Gasteiger partial charge >= 0.3 is 5.97 Å². The van der Waals surface area contributed by atoms with Gasteiger partial charge in [0.15, 0.2) is 6.10 Å². The lowest BCUT2D eigenvalue weighted by Crippen LogP contribution is -2.28. The van der Waals surface area contributed by atoms with Crippen molar-refractivity contribution >= 4 is 11.9 Å². The molecule has 1 aliphatic heterocycles. The summed E-state index contributed by atoms with van der Waals surface area (Å²) in [5.74, 6) is -1.11. The fraction of sp³-hybridized carbons (Fsp3) is 0.500. The Kier molecular flexibility index (Phi) is 3.21. The first-order chi connectivity index (χ1) is 6.54. The molecule has 0 bridgehead atoms. The zero-order chi connectivity index (χ0) is 10.7. The molecule has 0 unspecified atom stereocenters. The summed E-state index contributed by atoms with van der Waals surface area (Å²) in [6, 6.07) is 0. The summed E-state index contributed by atoms with van der Waals surface area (Å²) in [6.07, 6.45) is -0.787. The second-order valence-corrected chi connectivity index (χ2v) is 2.88. The summed E-state index contributed by atoms with van der Waals surface area (Å²) < 4.78 is 4.67. The number of hydrogen-bond donors (Lipinski definition) is 3. The summed E-state index contributed by atoms with van der Waals surface area (Å²) in [6.45, 7) is 0.742. The Morgan fingerprint density at radius 1 is 1.79 bits per heavy atom. The summed E-state index contributed by atoms with van der Waals surface area (Å²) in [5.41, 5.74) is -0.00463. The third kappa shape index (κ3) is 2.30. The highest BCUT2D eigenvalue weighted by atomic mass is 16.6. The lowest BCUT2D eigenvalue weighted by Gasteiger charge is -2.12. The third-order valence-electron chi connectivity index (χ3n) is 1.67. The first-order valence-corrected chi connectivity index (χ1v) is 4.04. The summed E-state index contributed by atoms with van der Waals surface area (Å²) in [5, 5.41) is 20.0. The maximum absolute atomic E-state index is 11.0. The van der Waals surface area contributed by atoms with Crippen LogP contribution in [0.1, 0.15) is 6.92 Å². The number of hydrogen-bond acceptors (Lipinski definition) is 5. The molecule has 0 aromatic heterocycles. The van der Waals surface area contributed by atoms with Crippen molar-refractivity contribution in [2.45, 2.75) is 19.1 Å². The topological polar surface area (TPSA) is 95.9 Å². The monoisotopic (exact) mass is 201 g/mol. The van der Waals surface area contributed by atoms with Crippen molar-refractivity contribution in [2.75, 3.05) is 6.61 Å². The zero-order valence-corrected chi connectivity index (χ0v) is 7.56. The largest absolute Gasteiger partial charge is 0.450 e. The Labute approximate surface area is 80.2 Å². The summed E-state index contributed by atoms with van der Waals surface area (Å²) in [7, 11) is 0. The molecule has 0 aliphatic carbocycles. The molecule has 1 rings (SSSR count). The average molecular weight is 201 g/mol. The summed E-state index contributed by atoms with van der Waals surface area (Å²) >= 11 is 0. The average Bonchev–Trinajstić information content (AvgIpc) is 2.46. The molecule has 78 valence electrons. The highest BCUT2D eigenvalue weighted by Gasteiger charge is 2.30. The van der Waals surface area contributed by atoms with E-state index in [1.165, 1.54) is 13.0 Å². The number of nitrogens with one attached hydrogen (secondary N) is 1. The molecule has 0 aromatic rings. The van der Waals surface area contributed by atoms with Gasteiger partial charge in [0.2, 0.25) is 5.91 Å². The van der Waals surface area contributed by atoms with Crippen LogP contribution in [0.3, 0.4) is 0 Å². The molecule has 0 radical (unpaired) electrons. The highest BCUT2D eigenvalue weighted by molar-refractivity contribution is 5.95. The van der Waals surface area contributed by atoms with Crippen LogP contribution in [-0.4, -0.2) is 40.9 Å². The van der Waals surface area contributed by atoms with Crippen LogP contribution < -0.4 is 5.32 Å². The van der Waals surface area contributed by atoms with Crippen molar-refractivity contribution in [2.24, 2.45) is 0 Å². The zero-order valence-electron chi connectivity index (χ0n) is 7.56. The quantitative estimate of drug-likeness (QED) is 0.472. The van der Waals surface area contributed by atoms with Crippen molar-refractivity contribution in [3.8, 4) is 0 Å². The van der Waals surface area contributed by atoms with Gasteiger partial charge in [-0.3, -0.25) is 4.79 Å². The van der Waals surface area contributed by atoms with Gasteiger partial charge in [-0.2, -0.15) is 0 Å². The Hall–Kier alpha value is -1.40. The van der Waals surface area contributed by atoms with Crippen LogP contribution in [0.2, 0.25) is 0 Å². The molecule has 0 saturated heterocycles. The van der Waals surface area contributed by atoms with Crippen LogP contribution in [0.5, 0.6) is 0 Å². The molecule has 3 N–H and O–H groups in total. The van der Waals surface area contributed by atoms with Crippen molar-refractivity contribution < 1.29 is 24.5 Å². The number of rotatable bonds is 3. The lowest BCUT2D eigenvalue weighted by molar-refractivity contribution is -0.145. The van der Waals surface area contributed by atoms with E-state index in [4.69, 9.17) is 10.2 Å². The van der Waals surface area contributed by atoms with Gasteiger partial charge in [0.25, 0.3) is 0 Å². The molecule has 2 atom stereocenters. The van der Waals surface area contributed by atoms with Crippen LogP contribution >= 0.6 is 0 Å². The number of carbonyl (C=O) groups is 2. The van der Waals surface area contributed by atoms with Crippen LogP contribution in [0, 0.1) is 0 Å². The van der Waals surface area contributed by atoms with Crippen LogP contribution in [0.15, 0.2) is 11.8 Å². The van der Waals surface area contributed by atoms with E-state index < -0.39 is 30.7 Å². The van der Waals surface area contributed by atoms with Crippen molar-refractivity contribution in [3.05, 3.63) is 11.8 Å². The van der Waals surface area contributed by atoms with Gasteiger partial charge in [0.05, 0.1) is 6.61 Å². The first-order valence-electron chi connectivity index (χ1n) is 4.04. The number of aliphatic hydroxyl groups excluding tert-OH is 2. The van der Waals surface area contributed by atoms with E-state index in [1.807, 2.05) is 0 Å². The molecule has 1 amide bonds. The molecule has 6 heteroatoms. The molecule has 0 fully saturated rings. The van der Waals surface area contributed by atoms with Crippen molar-refractivity contribution in [1.29, 1.82) is 0 Å². The van der Waals surface area contributed by atoms with Gasteiger partial charge in [-0.1, -0.05) is 0 Å². The van der Waals surface area contributed by atoms with E-state index in [1.54, 1.807) is 0 Å². The van der Waals surface area contributed by atoms with Crippen LogP contribution in [0.4, 0.5) is 0 Å². The Bertz CT molecular complexity index is 285. The number of amides is 1. The molecule has 0 spiro atoms. The predicted molar refractivity (Wildman–Crippen MR) is 44.9 cm³/mol. The molecule has 1 aliphatic rings. The minimum absolute atomic E-state index is 0.00463. The standard InChI is InChI=1S/C8H11NO5/c1-4(11)9-5-2-7(6(12)3-10)14-8(5)13/h2,6-7,10,12H,3H2,1H3,(H,9,11)/t6-,7+/m0/s1. The van der Waals surface area contributed by atoms with E-state index in [0.717, 1.165) is 0 Å². The molecular formula is C8H11NO5. The predicted octanol–water partition coefficient (Wildman–Crippen LogP) is -1.72. The van der Waals surface area contributed by atoms with E-state index >= 15 is 0 Å². The van der Waals surface area contributed by atoms with E-state index in [-0.39, 0.29) is 5.70 Å². The Balaban J connectivity index is 2.67. The van der Waals surface area contributed by atoms with Crippen LogP contribution in [0.25, 0.3) is 0 Å². The Morgan fingerprint density at radius 3 is 2.93 bits per heavy atom. The van der Waals surface area contributed by atoms with E-state index in [2.05, 4.69) is 10.1 Å². The molecule has 0 saturated carbocycles. The SMILES string of the molecule is CC(=O)NC1=C[C@H]([C@@H](O)CO)OC1=O. The molecule has 6 nitrogen and oxygen atoms in total.